The van der Waals surface area contributed by atoms with Crippen molar-refractivity contribution in [2.45, 2.75) is 44.6 Å². The van der Waals surface area contributed by atoms with Gasteiger partial charge in [0.1, 0.15) is 0 Å². The number of carbonyl (C=O) groups excluding carboxylic acids is 1. The smallest absolute Gasteiger partial charge is 0.279 e. The lowest BCUT2D eigenvalue weighted by Gasteiger charge is -2.43. The minimum atomic E-state index is -2.77. The topological polar surface area (TPSA) is 78.9 Å². The van der Waals surface area contributed by atoms with E-state index in [9.17, 15) is 13.6 Å². The number of halogens is 2. The summed E-state index contributed by atoms with van der Waals surface area (Å²) >= 11 is 0. The number of nitrogens with one attached hydrogen (secondary N) is 3. The first kappa shape index (κ1) is 19.7. The predicted molar refractivity (Wildman–Crippen MR) is 103 cm³/mol. The molecule has 1 aromatic carbocycles. The number of hydrazine groups is 1. The lowest BCUT2D eigenvalue weighted by Crippen LogP contribution is -2.42. The standard InChI is InChI=1S/C20H23F2N5O/c1-3-14-6-4-7-16(10-14)20(8-5-9-20)25-19-23-11-15(12-24-19)18(28)27-26-13(2)17(21)22/h4,6-7,10-12,17,26H,2-3,5,8-9H2,1H3,(H,27,28)(H,23,24,25). The Morgan fingerprint density at radius 2 is 1.96 bits per heavy atom. The maximum Gasteiger partial charge on any atom is 0.279 e. The molecule has 0 unspecified atom stereocenters. The van der Waals surface area contributed by atoms with Gasteiger partial charge in [-0.2, -0.15) is 0 Å². The van der Waals surface area contributed by atoms with Crippen LogP contribution in [0.4, 0.5) is 14.7 Å². The van der Waals surface area contributed by atoms with Gasteiger partial charge in [0, 0.05) is 12.4 Å². The SMILES string of the molecule is C=C(NNC(=O)c1cnc(NC2(c3cccc(CC)c3)CCC2)nc1)C(F)F. The second-order valence-corrected chi connectivity index (χ2v) is 6.81. The number of carbonyl (C=O) groups is 1. The van der Waals surface area contributed by atoms with E-state index in [2.05, 4.69) is 63.9 Å². The molecule has 0 aliphatic heterocycles. The van der Waals surface area contributed by atoms with Gasteiger partial charge in [0.15, 0.2) is 0 Å². The third kappa shape index (κ3) is 4.27. The largest absolute Gasteiger partial charge is 0.345 e. The van der Waals surface area contributed by atoms with E-state index in [1.165, 1.54) is 23.5 Å². The molecule has 28 heavy (non-hydrogen) atoms. The summed E-state index contributed by atoms with van der Waals surface area (Å²) in [5.41, 5.74) is 6.05. The van der Waals surface area contributed by atoms with Crippen LogP contribution in [-0.2, 0) is 12.0 Å². The Hall–Kier alpha value is -3.03. The summed E-state index contributed by atoms with van der Waals surface area (Å²) in [6.45, 7) is 5.24. The number of nitrogens with zero attached hydrogens (tertiary/aromatic N) is 2. The van der Waals surface area contributed by atoms with Crippen LogP contribution in [0.1, 0.15) is 47.7 Å². The van der Waals surface area contributed by atoms with Crippen molar-refractivity contribution in [2.24, 2.45) is 0 Å². The Morgan fingerprint density at radius 3 is 2.54 bits per heavy atom. The van der Waals surface area contributed by atoms with Crippen LogP contribution in [0, 0.1) is 0 Å². The molecule has 0 bridgehead atoms. The first-order chi connectivity index (χ1) is 13.4. The average Bonchev–Trinajstić information content (AvgIpc) is 2.69. The van der Waals surface area contributed by atoms with E-state index >= 15 is 0 Å². The molecule has 0 radical (unpaired) electrons. The zero-order valence-corrected chi connectivity index (χ0v) is 15.6. The van der Waals surface area contributed by atoms with Gasteiger partial charge >= 0.3 is 0 Å². The molecule has 6 nitrogen and oxygen atoms in total. The number of alkyl halides is 2. The summed E-state index contributed by atoms with van der Waals surface area (Å²) in [4.78, 5) is 20.4. The van der Waals surface area contributed by atoms with Crippen molar-refractivity contribution in [3.63, 3.8) is 0 Å². The Balaban J connectivity index is 1.67. The number of hydrogen-bond acceptors (Lipinski definition) is 5. The lowest BCUT2D eigenvalue weighted by molar-refractivity contribution is 0.0928. The van der Waals surface area contributed by atoms with Gasteiger partial charge < -0.3 is 5.32 Å². The number of rotatable bonds is 8. The second-order valence-electron chi connectivity index (χ2n) is 6.81. The number of aromatic nitrogens is 2. The summed E-state index contributed by atoms with van der Waals surface area (Å²) < 4.78 is 24.7. The van der Waals surface area contributed by atoms with Crippen LogP contribution in [0.3, 0.4) is 0 Å². The van der Waals surface area contributed by atoms with Gasteiger partial charge in [0.2, 0.25) is 5.95 Å². The highest BCUT2D eigenvalue weighted by atomic mass is 19.3. The van der Waals surface area contributed by atoms with Gasteiger partial charge in [-0.15, -0.1) is 0 Å². The van der Waals surface area contributed by atoms with Gasteiger partial charge in [-0.25, -0.2) is 18.7 Å². The molecule has 3 rings (SSSR count). The first-order valence-electron chi connectivity index (χ1n) is 9.16. The number of amides is 1. The van der Waals surface area contributed by atoms with Crippen molar-refractivity contribution < 1.29 is 13.6 Å². The fourth-order valence-corrected chi connectivity index (χ4v) is 3.09. The monoisotopic (exact) mass is 387 g/mol. The fraction of sp³-hybridized carbons (Fsp3) is 0.350. The molecule has 3 N–H and O–H groups in total. The third-order valence-corrected chi connectivity index (χ3v) is 4.96. The number of anilines is 1. The maximum absolute atomic E-state index is 12.4. The molecular weight excluding hydrogens is 364 g/mol. The van der Waals surface area contributed by atoms with Crippen LogP contribution in [0.2, 0.25) is 0 Å². The Kier molecular flexibility index (Phi) is 5.87. The molecule has 0 spiro atoms. The second kappa shape index (κ2) is 8.33. The Morgan fingerprint density at radius 1 is 1.25 bits per heavy atom. The molecule has 1 amide bonds. The van der Waals surface area contributed by atoms with Crippen molar-refractivity contribution in [2.75, 3.05) is 5.32 Å². The van der Waals surface area contributed by atoms with Crippen LogP contribution >= 0.6 is 0 Å². The molecule has 1 fully saturated rings. The molecule has 1 heterocycles. The molecule has 148 valence electrons. The predicted octanol–water partition coefficient (Wildman–Crippen LogP) is 3.54. The summed E-state index contributed by atoms with van der Waals surface area (Å²) in [6.07, 6.45) is 3.97. The van der Waals surface area contributed by atoms with E-state index in [1.54, 1.807) is 0 Å². The van der Waals surface area contributed by atoms with Crippen LogP contribution in [-0.4, -0.2) is 22.3 Å². The molecule has 1 aromatic heterocycles. The van der Waals surface area contributed by atoms with Crippen molar-refractivity contribution in [3.8, 4) is 0 Å². The van der Waals surface area contributed by atoms with Crippen LogP contribution in [0.15, 0.2) is 48.9 Å². The number of aryl methyl sites for hydroxylation is 1. The van der Waals surface area contributed by atoms with E-state index in [0.717, 1.165) is 25.7 Å². The minimum Gasteiger partial charge on any atom is -0.345 e. The molecule has 1 aliphatic carbocycles. The number of benzene rings is 1. The van der Waals surface area contributed by atoms with Gasteiger partial charge in [-0.05, 0) is 36.8 Å². The van der Waals surface area contributed by atoms with Crippen LogP contribution in [0.25, 0.3) is 0 Å². The van der Waals surface area contributed by atoms with E-state index < -0.39 is 18.0 Å². The Bertz CT molecular complexity index is 850. The molecule has 2 aromatic rings. The van der Waals surface area contributed by atoms with E-state index in [1.807, 2.05) is 0 Å². The van der Waals surface area contributed by atoms with Gasteiger partial charge in [0.25, 0.3) is 12.3 Å². The molecule has 0 saturated heterocycles. The highest BCUT2D eigenvalue weighted by Gasteiger charge is 2.39. The minimum absolute atomic E-state index is 0.149. The quantitative estimate of drug-likeness (QED) is 0.604. The molecular formula is C20H23F2N5O. The first-order valence-corrected chi connectivity index (χ1v) is 9.16. The van der Waals surface area contributed by atoms with Gasteiger partial charge in [0.05, 0.1) is 16.8 Å². The van der Waals surface area contributed by atoms with Crippen molar-refractivity contribution in [1.29, 1.82) is 0 Å². The summed E-state index contributed by atoms with van der Waals surface area (Å²) in [7, 11) is 0. The van der Waals surface area contributed by atoms with Crippen LogP contribution < -0.4 is 16.2 Å². The third-order valence-electron chi connectivity index (χ3n) is 4.96. The molecule has 0 atom stereocenters. The zero-order valence-electron chi connectivity index (χ0n) is 15.6. The zero-order chi connectivity index (χ0) is 20.1. The van der Waals surface area contributed by atoms with Gasteiger partial charge in [-0.1, -0.05) is 37.8 Å². The summed E-state index contributed by atoms with van der Waals surface area (Å²) in [5, 5.41) is 3.41. The van der Waals surface area contributed by atoms with E-state index in [4.69, 9.17) is 0 Å². The highest BCUT2D eigenvalue weighted by Crippen LogP contribution is 2.43. The van der Waals surface area contributed by atoms with Crippen molar-refractivity contribution in [3.05, 3.63) is 65.6 Å². The number of hydrogen-bond donors (Lipinski definition) is 3. The van der Waals surface area contributed by atoms with Gasteiger partial charge in [-0.3, -0.25) is 15.6 Å². The fourth-order valence-electron chi connectivity index (χ4n) is 3.09. The highest BCUT2D eigenvalue weighted by molar-refractivity contribution is 5.93. The lowest BCUT2D eigenvalue weighted by atomic mass is 9.71. The van der Waals surface area contributed by atoms with Crippen LogP contribution in [0.5, 0.6) is 0 Å². The average molecular weight is 387 g/mol. The summed E-state index contributed by atoms with van der Waals surface area (Å²) in [5.74, 6) is -0.203. The molecule has 1 saturated carbocycles. The maximum atomic E-state index is 12.4. The van der Waals surface area contributed by atoms with Crippen molar-refractivity contribution >= 4 is 11.9 Å². The van der Waals surface area contributed by atoms with E-state index in [-0.39, 0.29) is 11.1 Å². The number of allylic oxidation sites excluding steroid dienone is 1. The molecule has 1 aliphatic rings. The summed E-state index contributed by atoms with van der Waals surface area (Å²) in [6, 6.07) is 8.48. The van der Waals surface area contributed by atoms with Crippen molar-refractivity contribution in [1.82, 2.24) is 20.8 Å². The normalized spacial score (nSPS) is 14.9. The van der Waals surface area contributed by atoms with E-state index in [0.29, 0.717) is 5.95 Å². The molecule has 8 heteroatoms. The Labute approximate surface area is 162 Å².